The average molecular weight is 327 g/mol. The van der Waals surface area contributed by atoms with Crippen molar-refractivity contribution in [1.82, 2.24) is 16.0 Å². The fourth-order valence-corrected chi connectivity index (χ4v) is 2.47. The van der Waals surface area contributed by atoms with Crippen LogP contribution in [0, 0.1) is 5.92 Å². The molecule has 0 bridgehead atoms. The van der Waals surface area contributed by atoms with Crippen LogP contribution < -0.4 is 27.4 Å². The molecule has 0 heterocycles. The summed E-state index contributed by atoms with van der Waals surface area (Å²) in [7, 11) is 0. The first-order valence-electron chi connectivity index (χ1n) is 7.64. The molecule has 4 amide bonds. The summed E-state index contributed by atoms with van der Waals surface area (Å²) < 4.78 is 0. The SMILES string of the molecule is C[C@H](N)C(=O)N[C@H]1CCC[C@H]1C(=O)N[C@@H](C)C(=O)NCC(N)=O. The fourth-order valence-electron chi connectivity index (χ4n) is 2.47. The highest BCUT2D eigenvalue weighted by Crippen LogP contribution is 2.26. The lowest BCUT2D eigenvalue weighted by Gasteiger charge is -2.23. The highest BCUT2D eigenvalue weighted by molar-refractivity contribution is 5.91. The van der Waals surface area contributed by atoms with E-state index in [4.69, 9.17) is 11.5 Å². The molecule has 0 radical (unpaired) electrons. The average Bonchev–Trinajstić information content (AvgIpc) is 2.92. The van der Waals surface area contributed by atoms with Crippen LogP contribution >= 0.6 is 0 Å². The molecule has 0 unspecified atom stereocenters. The van der Waals surface area contributed by atoms with Crippen molar-refractivity contribution >= 4 is 23.6 Å². The van der Waals surface area contributed by atoms with Gasteiger partial charge in [-0.05, 0) is 26.7 Å². The zero-order valence-corrected chi connectivity index (χ0v) is 13.4. The van der Waals surface area contributed by atoms with Gasteiger partial charge in [0.25, 0.3) is 0 Å². The number of primary amides is 1. The molecular formula is C14H25N5O4. The largest absolute Gasteiger partial charge is 0.368 e. The molecule has 23 heavy (non-hydrogen) atoms. The number of nitrogens with two attached hydrogens (primary N) is 2. The Morgan fingerprint density at radius 1 is 1.13 bits per heavy atom. The number of rotatable bonds is 7. The monoisotopic (exact) mass is 327 g/mol. The van der Waals surface area contributed by atoms with E-state index in [0.717, 1.165) is 6.42 Å². The minimum Gasteiger partial charge on any atom is -0.368 e. The Balaban J connectivity index is 2.53. The lowest BCUT2D eigenvalue weighted by Crippen LogP contribution is -2.52. The van der Waals surface area contributed by atoms with Gasteiger partial charge in [-0.1, -0.05) is 6.42 Å². The Morgan fingerprint density at radius 3 is 2.35 bits per heavy atom. The topological polar surface area (TPSA) is 156 Å². The summed E-state index contributed by atoms with van der Waals surface area (Å²) in [6.45, 7) is 2.80. The predicted molar refractivity (Wildman–Crippen MR) is 82.7 cm³/mol. The van der Waals surface area contributed by atoms with Crippen molar-refractivity contribution < 1.29 is 19.2 Å². The Hall–Kier alpha value is -2.16. The van der Waals surface area contributed by atoms with Gasteiger partial charge in [-0.25, -0.2) is 0 Å². The lowest BCUT2D eigenvalue weighted by molar-refractivity contribution is -0.132. The lowest BCUT2D eigenvalue weighted by atomic mass is 10.0. The fraction of sp³-hybridized carbons (Fsp3) is 0.714. The molecule has 4 atom stereocenters. The number of nitrogens with one attached hydrogen (secondary N) is 3. The van der Waals surface area contributed by atoms with E-state index in [1.54, 1.807) is 6.92 Å². The second-order valence-corrected chi connectivity index (χ2v) is 5.86. The van der Waals surface area contributed by atoms with Gasteiger partial charge in [-0.3, -0.25) is 19.2 Å². The van der Waals surface area contributed by atoms with Crippen LogP contribution in [0.4, 0.5) is 0 Å². The molecular weight excluding hydrogens is 302 g/mol. The van der Waals surface area contributed by atoms with Gasteiger partial charge in [0.05, 0.1) is 18.5 Å². The van der Waals surface area contributed by atoms with Crippen LogP contribution in [0.5, 0.6) is 0 Å². The van der Waals surface area contributed by atoms with Crippen LogP contribution in [-0.4, -0.2) is 48.3 Å². The minimum absolute atomic E-state index is 0.282. The van der Waals surface area contributed by atoms with Gasteiger partial charge >= 0.3 is 0 Å². The van der Waals surface area contributed by atoms with Gasteiger partial charge in [-0.2, -0.15) is 0 Å². The zero-order valence-electron chi connectivity index (χ0n) is 13.4. The zero-order chi connectivity index (χ0) is 17.6. The Bertz CT molecular complexity index is 480. The van der Waals surface area contributed by atoms with Crippen LogP contribution in [0.2, 0.25) is 0 Å². The molecule has 1 rings (SSSR count). The molecule has 1 aliphatic carbocycles. The molecule has 1 saturated carbocycles. The number of carbonyl (C=O) groups is 4. The molecule has 1 fully saturated rings. The smallest absolute Gasteiger partial charge is 0.242 e. The minimum atomic E-state index is -0.799. The first-order chi connectivity index (χ1) is 10.7. The van der Waals surface area contributed by atoms with Crippen LogP contribution in [0.15, 0.2) is 0 Å². The van der Waals surface area contributed by atoms with E-state index in [0.29, 0.717) is 12.8 Å². The van der Waals surface area contributed by atoms with E-state index in [-0.39, 0.29) is 24.4 Å². The maximum absolute atomic E-state index is 12.3. The number of amides is 4. The maximum Gasteiger partial charge on any atom is 0.242 e. The van der Waals surface area contributed by atoms with E-state index in [1.807, 2.05) is 0 Å². The molecule has 0 saturated heterocycles. The summed E-state index contributed by atoms with van der Waals surface area (Å²) in [5.41, 5.74) is 10.4. The second kappa shape index (κ2) is 8.47. The number of hydrogen-bond acceptors (Lipinski definition) is 5. The molecule has 1 aliphatic rings. The van der Waals surface area contributed by atoms with Crippen molar-refractivity contribution in [2.45, 2.75) is 51.2 Å². The normalized spacial score (nSPS) is 22.7. The van der Waals surface area contributed by atoms with Crippen molar-refractivity contribution in [2.24, 2.45) is 17.4 Å². The molecule has 7 N–H and O–H groups in total. The summed E-state index contributed by atoms with van der Waals surface area (Å²) >= 11 is 0. The van der Waals surface area contributed by atoms with Crippen LogP contribution in [-0.2, 0) is 19.2 Å². The molecule has 0 aromatic carbocycles. The first kappa shape index (κ1) is 18.9. The number of hydrogen-bond donors (Lipinski definition) is 5. The third kappa shape index (κ3) is 5.85. The van der Waals surface area contributed by atoms with E-state index in [2.05, 4.69) is 16.0 Å². The third-order valence-electron chi connectivity index (χ3n) is 3.78. The van der Waals surface area contributed by atoms with Crippen molar-refractivity contribution in [2.75, 3.05) is 6.54 Å². The molecule has 9 nitrogen and oxygen atoms in total. The summed E-state index contributed by atoms with van der Waals surface area (Å²) in [5.74, 6) is -2.16. The van der Waals surface area contributed by atoms with Crippen molar-refractivity contribution in [1.29, 1.82) is 0 Å². The standard InChI is InChI=1S/C14H25N5O4/c1-7(15)12(21)19-10-5-3-4-9(10)14(23)18-8(2)13(22)17-6-11(16)20/h7-10H,3-6,15H2,1-2H3,(H2,16,20)(H,17,22)(H,18,23)(H,19,21)/t7-,8-,9+,10-/m0/s1. The van der Waals surface area contributed by atoms with E-state index < -0.39 is 29.8 Å². The Kier molecular flexibility index (Phi) is 6.95. The summed E-state index contributed by atoms with van der Waals surface area (Å²) in [6, 6.07) is -1.72. The second-order valence-electron chi connectivity index (χ2n) is 5.86. The number of carbonyl (C=O) groups excluding carboxylic acids is 4. The summed E-state index contributed by atoms with van der Waals surface area (Å²) in [6.07, 6.45) is 2.13. The molecule has 0 aromatic rings. The Morgan fingerprint density at radius 2 is 1.78 bits per heavy atom. The predicted octanol–water partition coefficient (Wildman–Crippen LogP) is -2.28. The van der Waals surface area contributed by atoms with Crippen LogP contribution in [0.1, 0.15) is 33.1 Å². The van der Waals surface area contributed by atoms with Crippen molar-refractivity contribution in [3.8, 4) is 0 Å². The van der Waals surface area contributed by atoms with E-state index in [1.165, 1.54) is 6.92 Å². The molecule has 130 valence electrons. The summed E-state index contributed by atoms with van der Waals surface area (Å²) in [4.78, 5) is 46.3. The van der Waals surface area contributed by atoms with Crippen LogP contribution in [0.25, 0.3) is 0 Å². The van der Waals surface area contributed by atoms with Crippen molar-refractivity contribution in [3.63, 3.8) is 0 Å². The Labute approximate surface area is 134 Å². The van der Waals surface area contributed by atoms with Gasteiger partial charge in [0.2, 0.25) is 23.6 Å². The van der Waals surface area contributed by atoms with Gasteiger partial charge in [-0.15, -0.1) is 0 Å². The maximum atomic E-state index is 12.3. The third-order valence-corrected chi connectivity index (χ3v) is 3.78. The molecule has 9 heteroatoms. The summed E-state index contributed by atoms with van der Waals surface area (Å²) in [5, 5.41) is 7.68. The first-order valence-corrected chi connectivity index (χ1v) is 7.64. The van der Waals surface area contributed by atoms with Gasteiger partial charge in [0.15, 0.2) is 0 Å². The molecule has 0 aliphatic heterocycles. The van der Waals surface area contributed by atoms with Gasteiger partial charge < -0.3 is 27.4 Å². The van der Waals surface area contributed by atoms with E-state index in [9.17, 15) is 19.2 Å². The molecule has 0 spiro atoms. The van der Waals surface area contributed by atoms with Gasteiger partial charge in [0.1, 0.15) is 6.04 Å². The van der Waals surface area contributed by atoms with E-state index >= 15 is 0 Å². The quantitative estimate of drug-likeness (QED) is 0.356. The highest BCUT2D eigenvalue weighted by Gasteiger charge is 2.35. The van der Waals surface area contributed by atoms with Crippen LogP contribution in [0.3, 0.4) is 0 Å². The highest BCUT2D eigenvalue weighted by atomic mass is 16.2. The van der Waals surface area contributed by atoms with Gasteiger partial charge in [0, 0.05) is 6.04 Å². The van der Waals surface area contributed by atoms with Crippen molar-refractivity contribution in [3.05, 3.63) is 0 Å². The molecule has 0 aromatic heterocycles.